The summed E-state index contributed by atoms with van der Waals surface area (Å²) in [5.74, 6) is 0.0527. The van der Waals surface area contributed by atoms with Crippen molar-refractivity contribution in [3.8, 4) is 0 Å². The highest BCUT2D eigenvalue weighted by Gasteiger charge is 2.16. The third-order valence-corrected chi connectivity index (χ3v) is 2.96. The van der Waals surface area contributed by atoms with E-state index >= 15 is 0 Å². The summed E-state index contributed by atoms with van der Waals surface area (Å²) in [6.07, 6.45) is 6.35. The minimum Gasteiger partial charge on any atom is -0.381 e. The Balaban J connectivity index is 1.79. The molecule has 1 aromatic rings. The normalized spacial score (nSPS) is 17.0. The number of hydrogen-bond donors (Lipinski definition) is 1. The molecule has 1 aromatic heterocycles. The predicted octanol–water partition coefficient (Wildman–Crippen LogP) is 0.741. The van der Waals surface area contributed by atoms with Crippen LogP contribution in [0.4, 0.5) is 0 Å². The third kappa shape index (κ3) is 3.56. The Hall–Kier alpha value is -1.36. The van der Waals surface area contributed by atoms with Crippen molar-refractivity contribution in [3.63, 3.8) is 0 Å². The largest absolute Gasteiger partial charge is 0.381 e. The summed E-state index contributed by atoms with van der Waals surface area (Å²) in [6, 6.07) is 0.269. The molecule has 1 aliphatic rings. The molecule has 94 valence electrons. The average molecular weight is 237 g/mol. The lowest BCUT2D eigenvalue weighted by atomic mass is 10.1. The molecular formula is C12H19N3O2. The van der Waals surface area contributed by atoms with Gasteiger partial charge in [-0.3, -0.25) is 4.79 Å². The van der Waals surface area contributed by atoms with Crippen molar-refractivity contribution in [1.82, 2.24) is 14.9 Å². The van der Waals surface area contributed by atoms with Gasteiger partial charge in [0.05, 0.1) is 12.0 Å². The number of carbonyl (C=O) groups excluding carboxylic acids is 1. The van der Waals surface area contributed by atoms with E-state index in [1.165, 1.54) is 0 Å². The predicted molar refractivity (Wildman–Crippen MR) is 63.6 cm³/mol. The van der Waals surface area contributed by atoms with Crippen LogP contribution >= 0.6 is 0 Å². The second kappa shape index (κ2) is 5.82. The van der Waals surface area contributed by atoms with E-state index in [1.807, 2.05) is 10.8 Å². The van der Waals surface area contributed by atoms with Crippen LogP contribution in [0.3, 0.4) is 0 Å². The molecule has 0 radical (unpaired) electrons. The van der Waals surface area contributed by atoms with Gasteiger partial charge in [0.1, 0.15) is 6.54 Å². The van der Waals surface area contributed by atoms with E-state index in [0.717, 1.165) is 38.2 Å². The van der Waals surface area contributed by atoms with Gasteiger partial charge in [0.2, 0.25) is 5.91 Å². The minimum absolute atomic E-state index is 0.0527. The van der Waals surface area contributed by atoms with E-state index < -0.39 is 0 Å². The Bertz CT molecular complexity index is 370. The number of nitrogens with zero attached hydrogens (tertiary/aromatic N) is 2. The molecule has 0 bridgehead atoms. The maximum absolute atomic E-state index is 11.8. The van der Waals surface area contributed by atoms with E-state index in [2.05, 4.69) is 17.2 Å². The molecular weight excluding hydrogens is 218 g/mol. The SMILES string of the molecule is CCc1cn(CC(=O)NC2CCOCC2)cn1. The van der Waals surface area contributed by atoms with Gasteiger partial charge in [-0.2, -0.15) is 0 Å². The number of ether oxygens (including phenoxy) is 1. The smallest absolute Gasteiger partial charge is 0.240 e. The molecule has 5 heteroatoms. The van der Waals surface area contributed by atoms with Crippen molar-refractivity contribution in [1.29, 1.82) is 0 Å². The van der Waals surface area contributed by atoms with Crippen molar-refractivity contribution in [2.45, 2.75) is 38.8 Å². The fraction of sp³-hybridized carbons (Fsp3) is 0.667. The molecule has 2 rings (SSSR count). The summed E-state index contributed by atoms with van der Waals surface area (Å²) in [5, 5.41) is 3.03. The van der Waals surface area contributed by atoms with E-state index in [9.17, 15) is 4.79 Å². The first-order valence-electron chi connectivity index (χ1n) is 6.15. The van der Waals surface area contributed by atoms with Crippen LogP contribution in [-0.4, -0.2) is 34.7 Å². The van der Waals surface area contributed by atoms with Crippen LogP contribution in [0.25, 0.3) is 0 Å². The first-order valence-corrected chi connectivity index (χ1v) is 6.15. The van der Waals surface area contributed by atoms with Gasteiger partial charge < -0.3 is 14.6 Å². The van der Waals surface area contributed by atoms with Crippen LogP contribution in [0.5, 0.6) is 0 Å². The summed E-state index contributed by atoms with van der Waals surface area (Å²) in [5.41, 5.74) is 1.02. The van der Waals surface area contributed by atoms with Gasteiger partial charge in [0.25, 0.3) is 0 Å². The van der Waals surface area contributed by atoms with Crippen molar-refractivity contribution in [2.24, 2.45) is 0 Å². The van der Waals surface area contributed by atoms with Crippen LogP contribution < -0.4 is 5.32 Å². The fourth-order valence-corrected chi connectivity index (χ4v) is 1.96. The number of aromatic nitrogens is 2. The molecule has 0 aromatic carbocycles. The van der Waals surface area contributed by atoms with Crippen LogP contribution in [-0.2, 0) is 22.5 Å². The Kier molecular flexibility index (Phi) is 4.14. The van der Waals surface area contributed by atoms with Crippen molar-refractivity contribution < 1.29 is 9.53 Å². The van der Waals surface area contributed by atoms with Crippen LogP contribution in [0.2, 0.25) is 0 Å². The van der Waals surface area contributed by atoms with Crippen molar-refractivity contribution >= 4 is 5.91 Å². The lowest BCUT2D eigenvalue weighted by Gasteiger charge is -2.23. The molecule has 0 spiro atoms. The van der Waals surface area contributed by atoms with Crippen molar-refractivity contribution in [2.75, 3.05) is 13.2 Å². The Morgan fingerprint density at radius 2 is 2.35 bits per heavy atom. The highest BCUT2D eigenvalue weighted by Crippen LogP contribution is 2.06. The Morgan fingerprint density at radius 1 is 1.59 bits per heavy atom. The van der Waals surface area contributed by atoms with E-state index in [1.54, 1.807) is 6.33 Å². The minimum atomic E-state index is 0.0527. The van der Waals surface area contributed by atoms with Gasteiger partial charge >= 0.3 is 0 Å². The summed E-state index contributed by atoms with van der Waals surface area (Å²) in [7, 11) is 0. The van der Waals surface area contributed by atoms with Crippen LogP contribution in [0.1, 0.15) is 25.5 Å². The molecule has 17 heavy (non-hydrogen) atoms. The molecule has 1 amide bonds. The number of imidazole rings is 1. The van der Waals surface area contributed by atoms with E-state index in [4.69, 9.17) is 4.74 Å². The maximum Gasteiger partial charge on any atom is 0.240 e. The van der Waals surface area contributed by atoms with Gasteiger partial charge in [-0.25, -0.2) is 4.98 Å². The lowest BCUT2D eigenvalue weighted by molar-refractivity contribution is -0.122. The molecule has 5 nitrogen and oxygen atoms in total. The molecule has 1 saturated heterocycles. The summed E-state index contributed by atoms with van der Waals surface area (Å²) in [4.78, 5) is 16.0. The molecule has 0 aliphatic carbocycles. The highest BCUT2D eigenvalue weighted by atomic mass is 16.5. The monoisotopic (exact) mass is 237 g/mol. The third-order valence-electron chi connectivity index (χ3n) is 2.96. The highest BCUT2D eigenvalue weighted by molar-refractivity contribution is 5.76. The number of aryl methyl sites for hydroxylation is 1. The van der Waals surface area contributed by atoms with E-state index in [-0.39, 0.29) is 11.9 Å². The van der Waals surface area contributed by atoms with Gasteiger partial charge in [-0.15, -0.1) is 0 Å². The average Bonchev–Trinajstić information content (AvgIpc) is 2.78. The van der Waals surface area contributed by atoms with Gasteiger partial charge in [-0.05, 0) is 19.3 Å². The van der Waals surface area contributed by atoms with Gasteiger partial charge in [0.15, 0.2) is 0 Å². The van der Waals surface area contributed by atoms with Gasteiger partial charge in [-0.1, -0.05) is 6.92 Å². The summed E-state index contributed by atoms with van der Waals surface area (Å²) < 4.78 is 7.08. The molecule has 2 heterocycles. The van der Waals surface area contributed by atoms with Crippen molar-refractivity contribution in [3.05, 3.63) is 18.2 Å². The topological polar surface area (TPSA) is 56.2 Å². The number of carbonyl (C=O) groups is 1. The molecule has 1 N–H and O–H groups in total. The number of hydrogen-bond acceptors (Lipinski definition) is 3. The van der Waals surface area contributed by atoms with Crippen LogP contribution in [0.15, 0.2) is 12.5 Å². The van der Waals surface area contributed by atoms with E-state index in [0.29, 0.717) is 6.54 Å². The second-order valence-corrected chi connectivity index (χ2v) is 4.35. The summed E-state index contributed by atoms with van der Waals surface area (Å²) >= 11 is 0. The van der Waals surface area contributed by atoms with Gasteiger partial charge in [0, 0.05) is 25.5 Å². The number of nitrogens with one attached hydrogen (secondary N) is 1. The zero-order chi connectivity index (χ0) is 12.1. The quantitative estimate of drug-likeness (QED) is 0.840. The standard InChI is InChI=1S/C12H19N3O2/c1-2-10-7-15(9-13-10)8-12(16)14-11-3-5-17-6-4-11/h7,9,11H,2-6,8H2,1H3,(H,14,16). The first-order chi connectivity index (χ1) is 8.28. The Morgan fingerprint density at radius 3 is 3.00 bits per heavy atom. The lowest BCUT2D eigenvalue weighted by Crippen LogP contribution is -2.40. The number of rotatable bonds is 4. The molecule has 0 unspecified atom stereocenters. The number of amides is 1. The fourth-order valence-electron chi connectivity index (χ4n) is 1.96. The Labute approximate surface area is 101 Å². The molecule has 1 aliphatic heterocycles. The zero-order valence-electron chi connectivity index (χ0n) is 10.2. The molecule has 1 fully saturated rings. The zero-order valence-corrected chi connectivity index (χ0v) is 10.2. The molecule has 0 atom stereocenters. The maximum atomic E-state index is 11.8. The summed E-state index contributed by atoms with van der Waals surface area (Å²) in [6.45, 7) is 3.89. The first kappa shape index (κ1) is 12.1. The molecule has 0 saturated carbocycles. The van der Waals surface area contributed by atoms with Crippen LogP contribution in [0, 0.1) is 0 Å². The second-order valence-electron chi connectivity index (χ2n) is 4.35.